The van der Waals surface area contributed by atoms with E-state index in [4.69, 9.17) is 0 Å². The fraction of sp³-hybridized carbons (Fsp3) is 0.900. The summed E-state index contributed by atoms with van der Waals surface area (Å²) in [5, 5.41) is 3.18. The lowest BCUT2D eigenvalue weighted by atomic mass is 10.2. The maximum absolute atomic E-state index is 11.8. The summed E-state index contributed by atoms with van der Waals surface area (Å²) in [6.45, 7) is 4.95. The van der Waals surface area contributed by atoms with Gasteiger partial charge in [-0.2, -0.15) is 0 Å². The zero-order valence-electron chi connectivity index (χ0n) is 10.1. The molecule has 1 aliphatic rings. The molecule has 0 aliphatic carbocycles. The van der Waals surface area contributed by atoms with Crippen molar-refractivity contribution in [2.75, 3.05) is 25.1 Å². The highest BCUT2D eigenvalue weighted by Gasteiger charge is 2.31. The highest BCUT2D eigenvalue weighted by Crippen LogP contribution is 2.11. The summed E-state index contributed by atoms with van der Waals surface area (Å²) in [5.41, 5.74) is 0. The van der Waals surface area contributed by atoms with Crippen molar-refractivity contribution in [3.63, 3.8) is 0 Å². The van der Waals surface area contributed by atoms with E-state index in [0.717, 1.165) is 6.42 Å². The molecule has 1 atom stereocenters. The summed E-state index contributed by atoms with van der Waals surface area (Å²) in [5.74, 6) is 0.0741. The number of amides is 1. The summed E-state index contributed by atoms with van der Waals surface area (Å²) in [6, 6.07) is 0.128. The third kappa shape index (κ3) is 4.09. The first kappa shape index (κ1) is 13.4. The van der Waals surface area contributed by atoms with Crippen molar-refractivity contribution >= 4 is 15.7 Å². The molecule has 6 heteroatoms. The molecular weight excluding hydrogens is 228 g/mol. The van der Waals surface area contributed by atoms with Crippen LogP contribution in [-0.4, -0.2) is 56.4 Å². The first-order valence-corrected chi connectivity index (χ1v) is 7.58. The maximum Gasteiger partial charge on any atom is 0.239 e. The van der Waals surface area contributed by atoms with Gasteiger partial charge in [-0.1, -0.05) is 13.8 Å². The average molecular weight is 248 g/mol. The molecule has 1 N–H and O–H groups in total. The van der Waals surface area contributed by atoms with E-state index in [1.807, 2.05) is 13.8 Å². The van der Waals surface area contributed by atoms with Crippen LogP contribution in [0.4, 0.5) is 0 Å². The minimum atomic E-state index is -2.99. The van der Waals surface area contributed by atoms with Crippen molar-refractivity contribution in [2.24, 2.45) is 0 Å². The smallest absolute Gasteiger partial charge is 0.239 e. The van der Waals surface area contributed by atoms with Crippen LogP contribution in [0.5, 0.6) is 0 Å². The van der Waals surface area contributed by atoms with Gasteiger partial charge in [-0.05, 0) is 6.42 Å². The van der Waals surface area contributed by atoms with Crippen molar-refractivity contribution in [1.82, 2.24) is 10.2 Å². The fourth-order valence-corrected chi connectivity index (χ4v) is 2.35. The van der Waals surface area contributed by atoms with E-state index in [1.165, 1.54) is 6.26 Å². The molecule has 0 aromatic rings. The van der Waals surface area contributed by atoms with E-state index in [1.54, 1.807) is 4.90 Å². The van der Waals surface area contributed by atoms with E-state index in [9.17, 15) is 13.2 Å². The van der Waals surface area contributed by atoms with Gasteiger partial charge >= 0.3 is 0 Å². The highest BCUT2D eigenvalue weighted by molar-refractivity contribution is 7.90. The zero-order chi connectivity index (χ0) is 12.3. The molecule has 1 unspecified atom stereocenters. The van der Waals surface area contributed by atoms with Crippen LogP contribution in [0.2, 0.25) is 0 Å². The Morgan fingerprint density at radius 1 is 1.50 bits per heavy atom. The van der Waals surface area contributed by atoms with Gasteiger partial charge in [0.1, 0.15) is 9.84 Å². The van der Waals surface area contributed by atoms with E-state index in [0.29, 0.717) is 13.1 Å². The summed E-state index contributed by atoms with van der Waals surface area (Å²) in [7, 11) is -2.99. The Kier molecular flexibility index (Phi) is 4.32. The van der Waals surface area contributed by atoms with Crippen LogP contribution >= 0.6 is 0 Å². The molecule has 0 aromatic carbocycles. The molecule has 0 bridgehead atoms. The average Bonchev–Trinajstić information content (AvgIpc) is 2.43. The van der Waals surface area contributed by atoms with Gasteiger partial charge in [0, 0.05) is 25.4 Å². The van der Waals surface area contributed by atoms with Gasteiger partial charge in [-0.3, -0.25) is 4.79 Å². The second-order valence-electron chi connectivity index (χ2n) is 4.62. The largest absolute Gasteiger partial charge is 0.340 e. The SMILES string of the molecule is CC(C)NC1CCN(CCS(C)(=O)=O)C1=O. The monoisotopic (exact) mass is 248 g/mol. The molecular formula is C10H20N2O3S. The van der Waals surface area contributed by atoms with E-state index in [2.05, 4.69) is 5.32 Å². The maximum atomic E-state index is 11.8. The Hall–Kier alpha value is -0.620. The van der Waals surface area contributed by atoms with Crippen molar-refractivity contribution in [3.05, 3.63) is 0 Å². The predicted molar refractivity (Wildman–Crippen MR) is 63.0 cm³/mol. The Bertz CT molecular complexity index is 351. The lowest BCUT2D eigenvalue weighted by Gasteiger charge is -2.17. The molecule has 1 rings (SSSR count). The summed E-state index contributed by atoms with van der Waals surface area (Å²) in [6.07, 6.45) is 1.96. The quantitative estimate of drug-likeness (QED) is 0.721. The minimum Gasteiger partial charge on any atom is -0.340 e. The van der Waals surface area contributed by atoms with Gasteiger partial charge in [0.25, 0.3) is 0 Å². The van der Waals surface area contributed by atoms with Crippen molar-refractivity contribution in [1.29, 1.82) is 0 Å². The van der Waals surface area contributed by atoms with Gasteiger partial charge in [-0.25, -0.2) is 8.42 Å². The summed E-state index contributed by atoms with van der Waals surface area (Å²) < 4.78 is 22.0. The summed E-state index contributed by atoms with van der Waals surface area (Å²) >= 11 is 0. The lowest BCUT2D eigenvalue weighted by Crippen LogP contribution is -2.42. The predicted octanol–water partition coefficient (Wildman–Crippen LogP) is -0.370. The first-order chi connectivity index (χ1) is 7.29. The number of hydrogen-bond donors (Lipinski definition) is 1. The van der Waals surface area contributed by atoms with Gasteiger partial charge < -0.3 is 10.2 Å². The molecule has 5 nitrogen and oxygen atoms in total. The molecule has 0 saturated carbocycles. The van der Waals surface area contributed by atoms with Gasteiger partial charge in [0.05, 0.1) is 11.8 Å². The first-order valence-electron chi connectivity index (χ1n) is 5.52. The zero-order valence-corrected chi connectivity index (χ0v) is 10.9. The van der Waals surface area contributed by atoms with Crippen LogP contribution in [-0.2, 0) is 14.6 Å². The molecule has 1 saturated heterocycles. The highest BCUT2D eigenvalue weighted by atomic mass is 32.2. The number of carbonyl (C=O) groups is 1. The number of carbonyl (C=O) groups excluding carboxylic acids is 1. The van der Waals surface area contributed by atoms with E-state index >= 15 is 0 Å². The molecule has 1 heterocycles. The molecule has 16 heavy (non-hydrogen) atoms. The Morgan fingerprint density at radius 2 is 2.12 bits per heavy atom. The molecule has 0 aromatic heterocycles. The topological polar surface area (TPSA) is 66.5 Å². The number of sulfone groups is 1. The Labute approximate surface area is 97.1 Å². The van der Waals surface area contributed by atoms with Crippen LogP contribution < -0.4 is 5.32 Å². The molecule has 1 aliphatic heterocycles. The van der Waals surface area contributed by atoms with Gasteiger partial charge in [0.15, 0.2) is 0 Å². The molecule has 1 amide bonds. The van der Waals surface area contributed by atoms with Crippen LogP contribution in [0.1, 0.15) is 20.3 Å². The van der Waals surface area contributed by atoms with Crippen LogP contribution in [0.25, 0.3) is 0 Å². The molecule has 0 spiro atoms. The molecule has 1 fully saturated rings. The Balaban J connectivity index is 2.45. The normalized spacial score (nSPS) is 22.1. The number of hydrogen-bond acceptors (Lipinski definition) is 4. The number of rotatable bonds is 5. The van der Waals surface area contributed by atoms with Crippen molar-refractivity contribution < 1.29 is 13.2 Å². The van der Waals surface area contributed by atoms with Crippen LogP contribution in [0.3, 0.4) is 0 Å². The Morgan fingerprint density at radius 3 is 2.62 bits per heavy atom. The fourth-order valence-electron chi connectivity index (χ4n) is 1.79. The van der Waals surface area contributed by atoms with Crippen molar-refractivity contribution in [3.8, 4) is 0 Å². The lowest BCUT2D eigenvalue weighted by molar-refractivity contribution is -0.129. The van der Waals surface area contributed by atoms with Crippen LogP contribution in [0, 0.1) is 0 Å². The second kappa shape index (κ2) is 5.14. The van der Waals surface area contributed by atoms with Gasteiger partial charge in [-0.15, -0.1) is 0 Å². The van der Waals surface area contributed by atoms with Crippen molar-refractivity contribution in [2.45, 2.75) is 32.4 Å². The molecule has 94 valence electrons. The third-order valence-electron chi connectivity index (χ3n) is 2.56. The number of nitrogens with zero attached hydrogens (tertiary/aromatic N) is 1. The number of likely N-dealkylation sites (tertiary alicyclic amines) is 1. The van der Waals surface area contributed by atoms with Crippen LogP contribution in [0.15, 0.2) is 0 Å². The van der Waals surface area contributed by atoms with Gasteiger partial charge in [0.2, 0.25) is 5.91 Å². The minimum absolute atomic E-state index is 0.0253. The van der Waals surface area contributed by atoms with E-state index < -0.39 is 9.84 Å². The number of nitrogens with one attached hydrogen (secondary N) is 1. The van der Waals surface area contributed by atoms with E-state index in [-0.39, 0.29) is 23.7 Å². The third-order valence-corrected chi connectivity index (χ3v) is 3.49. The standard InChI is InChI=1S/C10H20N2O3S/c1-8(2)11-9-4-5-12(10(9)13)6-7-16(3,14)15/h8-9,11H,4-7H2,1-3H3. The summed E-state index contributed by atoms with van der Waals surface area (Å²) in [4.78, 5) is 13.5. The molecule has 0 radical (unpaired) electrons. The second-order valence-corrected chi connectivity index (χ2v) is 6.88.